The van der Waals surface area contributed by atoms with Crippen LogP contribution in [0.1, 0.15) is 11.1 Å². The second-order valence-electron chi connectivity index (χ2n) is 6.73. The van der Waals surface area contributed by atoms with E-state index in [2.05, 4.69) is 0 Å². The molecule has 29 heavy (non-hydrogen) atoms. The summed E-state index contributed by atoms with van der Waals surface area (Å²) in [6, 6.07) is 12.7. The van der Waals surface area contributed by atoms with Gasteiger partial charge in [0.05, 0.1) is 26.9 Å². The summed E-state index contributed by atoms with van der Waals surface area (Å²) in [5.74, 6) is 0.828. The average Bonchev–Trinajstić information content (AvgIpc) is 2.74. The van der Waals surface area contributed by atoms with E-state index in [0.717, 1.165) is 16.0 Å². The molecule has 0 saturated carbocycles. The number of ether oxygens (including phenoxy) is 2. The van der Waals surface area contributed by atoms with Crippen molar-refractivity contribution in [3.8, 4) is 11.5 Å². The lowest BCUT2D eigenvalue weighted by Gasteiger charge is -2.50. The van der Waals surface area contributed by atoms with Crippen LogP contribution in [0.4, 0.5) is 4.79 Å². The van der Waals surface area contributed by atoms with Crippen molar-refractivity contribution in [3.63, 3.8) is 0 Å². The van der Waals surface area contributed by atoms with Crippen LogP contribution in [0.3, 0.4) is 0 Å². The second kappa shape index (κ2) is 8.83. The highest BCUT2D eigenvalue weighted by Crippen LogP contribution is 2.32. The Hall–Kier alpha value is -3.26. The quantitative estimate of drug-likeness (QED) is 0.657. The number of β-lactam (4-membered cyclic amide) rings is 1. The van der Waals surface area contributed by atoms with Crippen LogP contribution in [0, 0.1) is 0 Å². The van der Waals surface area contributed by atoms with Crippen molar-refractivity contribution in [2.24, 2.45) is 0 Å². The number of amides is 2. The van der Waals surface area contributed by atoms with Crippen LogP contribution in [0.15, 0.2) is 48.5 Å². The highest BCUT2D eigenvalue weighted by Gasteiger charge is 2.51. The number of aliphatic hydroxyl groups is 1. The predicted octanol–water partition coefficient (Wildman–Crippen LogP) is 1.96. The summed E-state index contributed by atoms with van der Waals surface area (Å²) in [5, 5.41) is 19.5. The van der Waals surface area contributed by atoms with E-state index in [1.54, 1.807) is 37.4 Å². The van der Waals surface area contributed by atoms with Crippen LogP contribution in [-0.2, 0) is 17.9 Å². The first-order valence-electron chi connectivity index (χ1n) is 9.15. The van der Waals surface area contributed by atoms with Crippen molar-refractivity contribution >= 4 is 12.0 Å². The number of carbonyl (C=O) groups excluding carboxylic acids is 1. The number of hydrogen-bond acceptors (Lipinski definition) is 5. The van der Waals surface area contributed by atoms with Crippen molar-refractivity contribution in [2.45, 2.75) is 25.2 Å². The number of carboxylic acid groups (broad SMARTS) is 1. The van der Waals surface area contributed by atoms with E-state index in [1.807, 2.05) is 18.2 Å². The van der Waals surface area contributed by atoms with Gasteiger partial charge in [0.2, 0.25) is 5.91 Å². The molecule has 2 N–H and O–H groups in total. The number of methoxy groups -OCH3 is 2. The Kier molecular flexibility index (Phi) is 6.23. The maximum atomic E-state index is 12.8. The molecule has 1 aliphatic rings. The zero-order valence-electron chi connectivity index (χ0n) is 16.3. The van der Waals surface area contributed by atoms with Crippen molar-refractivity contribution < 1.29 is 29.3 Å². The number of nitrogens with zero attached hydrogens (tertiary/aromatic N) is 2. The SMILES string of the molecule is COc1ccc(CN2C(=O)[C@@H](N(Cc3ccccc3)C(=O)O)[C@H]2CO)c(OC)c1. The van der Waals surface area contributed by atoms with Crippen LogP contribution in [0.5, 0.6) is 11.5 Å². The molecule has 0 unspecified atom stereocenters. The Balaban J connectivity index is 1.79. The number of likely N-dealkylation sites (tertiary alicyclic amines) is 1. The molecule has 1 fully saturated rings. The van der Waals surface area contributed by atoms with E-state index in [4.69, 9.17) is 9.47 Å². The largest absolute Gasteiger partial charge is 0.497 e. The molecular weight excluding hydrogens is 376 g/mol. The van der Waals surface area contributed by atoms with Gasteiger partial charge in [-0.05, 0) is 17.7 Å². The van der Waals surface area contributed by atoms with Crippen molar-refractivity contribution in [1.82, 2.24) is 9.80 Å². The fraction of sp³-hybridized carbons (Fsp3) is 0.333. The highest BCUT2D eigenvalue weighted by atomic mass is 16.5. The van der Waals surface area contributed by atoms with E-state index in [0.29, 0.717) is 11.5 Å². The molecule has 2 aromatic rings. The summed E-state index contributed by atoms with van der Waals surface area (Å²) in [7, 11) is 3.07. The molecule has 8 nitrogen and oxygen atoms in total. The number of carbonyl (C=O) groups is 2. The molecule has 0 aliphatic carbocycles. The van der Waals surface area contributed by atoms with E-state index >= 15 is 0 Å². The van der Waals surface area contributed by atoms with Crippen LogP contribution in [-0.4, -0.2) is 64.9 Å². The van der Waals surface area contributed by atoms with E-state index < -0.39 is 18.2 Å². The maximum absolute atomic E-state index is 12.8. The smallest absolute Gasteiger partial charge is 0.408 e. The molecular formula is C21H24N2O6. The third-order valence-corrected chi connectivity index (χ3v) is 5.10. The van der Waals surface area contributed by atoms with Gasteiger partial charge in [0.25, 0.3) is 0 Å². The van der Waals surface area contributed by atoms with Gasteiger partial charge < -0.3 is 24.6 Å². The maximum Gasteiger partial charge on any atom is 0.408 e. The third-order valence-electron chi connectivity index (χ3n) is 5.10. The van der Waals surface area contributed by atoms with Crippen molar-refractivity contribution in [2.75, 3.05) is 20.8 Å². The minimum Gasteiger partial charge on any atom is -0.497 e. The minimum absolute atomic E-state index is 0.0722. The Labute approximate surface area is 168 Å². The molecule has 2 amide bonds. The topological polar surface area (TPSA) is 99.5 Å². The Bertz CT molecular complexity index is 873. The summed E-state index contributed by atoms with van der Waals surface area (Å²) < 4.78 is 10.5. The molecule has 154 valence electrons. The lowest BCUT2D eigenvalue weighted by molar-refractivity contribution is -0.162. The third kappa shape index (κ3) is 4.12. The normalized spacial score (nSPS) is 18.2. The fourth-order valence-electron chi connectivity index (χ4n) is 3.55. The van der Waals surface area contributed by atoms with Gasteiger partial charge in [0.1, 0.15) is 17.5 Å². The number of benzene rings is 2. The molecule has 3 rings (SSSR count). The van der Waals surface area contributed by atoms with Gasteiger partial charge in [-0.25, -0.2) is 4.79 Å². The van der Waals surface area contributed by atoms with E-state index in [1.165, 1.54) is 12.0 Å². The standard InChI is InChI=1S/C21H24N2O6/c1-28-16-9-8-15(18(10-16)29-2)12-22-17(13-24)19(20(22)25)23(21(26)27)11-14-6-4-3-5-7-14/h3-10,17,19,24H,11-13H2,1-2H3,(H,26,27)/t17-,19+/m1/s1. The van der Waals surface area contributed by atoms with E-state index in [9.17, 15) is 19.8 Å². The number of rotatable bonds is 8. The van der Waals surface area contributed by atoms with Crippen LogP contribution >= 0.6 is 0 Å². The molecule has 1 heterocycles. The van der Waals surface area contributed by atoms with Gasteiger partial charge >= 0.3 is 6.09 Å². The summed E-state index contributed by atoms with van der Waals surface area (Å²) in [6.45, 7) is -0.0667. The number of aliphatic hydroxyl groups excluding tert-OH is 1. The van der Waals surface area contributed by atoms with E-state index in [-0.39, 0.29) is 25.6 Å². The fourth-order valence-corrected chi connectivity index (χ4v) is 3.55. The van der Waals surface area contributed by atoms with Crippen LogP contribution < -0.4 is 9.47 Å². The summed E-state index contributed by atoms with van der Waals surface area (Å²) in [4.78, 5) is 27.2. The van der Waals surface area contributed by atoms with Crippen molar-refractivity contribution in [3.05, 3.63) is 59.7 Å². The van der Waals surface area contributed by atoms with Crippen LogP contribution in [0.25, 0.3) is 0 Å². The predicted molar refractivity (Wildman–Crippen MR) is 105 cm³/mol. The van der Waals surface area contributed by atoms with Gasteiger partial charge in [-0.15, -0.1) is 0 Å². The molecule has 1 aliphatic heterocycles. The van der Waals surface area contributed by atoms with Gasteiger partial charge in [-0.3, -0.25) is 9.69 Å². The molecule has 0 spiro atoms. The Morgan fingerprint density at radius 2 is 1.86 bits per heavy atom. The van der Waals surface area contributed by atoms with Gasteiger partial charge in [-0.2, -0.15) is 0 Å². The molecule has 2 atom stereocenters. The number of hydrogen-bond donors (Lipinski definition) is 2. The van der Waals surface area contributed by atoms with Crippen LogP contribution in [0.2, 0.25) is 0 Å². The molecule has 2 aromatic carbocycles. The second-order valence-corrected chi connectivity index (χ2v) is 6.73. The Morgan fingerprint density at radius 1 is 1.14 bits per heavy atom. The lowest BCUT2D eigenvalue weighted by atomic mass is 9.92. The van der Waals surface area contributed by atoms with Gasteiger partial charge in [0.15, 0.2) is 0 Å². The first-order chi connectivity index (χ1) is 14.0. The summed E-state index contributed by atoms with van der Waals surface area (Å²) in [5.41, 5.74) is 1.51. The zero-order chi connectivity index (χ0) is 21.0. The monoisotopic (exact) mass is 400 g/mol. The van der Waals surface area contributed by atoms with Gasteiger partial charge in [0, 0.05) is 24.7 Å². The average molecular weight is 400 g/mol. The Morgan fingerprint density at radius 3 is 2.45 bits per heavy atom. The lowest BCUT2D eigenvalue weighted by Crippen LogP contribution is -2.71. The minimum atomic E-state index is -1.20. The van der Waals surface area contributed by atoms with Gasteiger partial charge in [-0.1, -0.05) is 30.3 Å². The molecule has 8 heteroatoms. The first kappa shape index (κ1) is 20.5. The molecule has 1 saturated heterocycles. The first-order valence-corrected chi connectivity index (χ1v) is 9.15. The molecule has 0 bridgehead atoms. The zero-order valence-corrected chi connectivity index (χ0v) is 16.3. The molecule has 0 aromatic heterocycles. The molecule has 0 radical (unpaired) electrons. The van der Waals surface area contributed by atoms with Crippen molar-refractivity contribution in [1.29, 1.82) is 0 Å². The highest BCUT2D eigenvalue weighted by molar-refractivity contribution is 5.92. The summed E-state index contributed by atoms with van der Waals surface area (Å²) >= 11 is 0. The summed E-state index contributed by atoms with van der Waals surface area (Å²) in [6.07, 6.45) is -1.20.